The van der Waals surface area contributed by atoms with Gasteiger partial charge in [-0.2, -0.15) is 30.5 Å². The van der Waals surface area contributed by atoms with E-state index in [2.05, 4.69) is 105 Å². The number of thiazole rings is 2. The van der Waals surface area contributed by atoms with Crippen molar-refractivity contribution < 1.29 is 28.5 Å². The molecule has 0 spiro atoms. The first kappa shape index (κ1) is 72.8. The number of fused-ring (bicyclic) bond motifs is 2. The summed E-state index contributed by atoms with van der Waals surface area (Å²) in [5, 5.41) is 68.7. The Hall–Kier alpha value is -10.5. The molecule has 10 aromatic rings. The number of hydrogen-bond acceptors (Lipinski definition) is 28. The van der Waals surface area contributed by atoms with Crippen LogP contribution >= 0.6 is 22.7 Å². The van der Waals surface area contributed by atoms with Crippen LogP contribution in [-0.4, -0.2) is 143 Å². The third kappa shape index (κ3) is 19.9. The highest BCUT2D eigenvalue weighted by molar-refractivity contribution is 7.21. The Morgan fingerprint density at radius 3 is 1.55 bits per heavy atom. The van der Waals surface area contributed by atoms with Gasteiger partial charge < -0.3 is 55.6 Å². The highest BCUT2D eigenvalue weighted by Crippen LogP contribution is 2.40. The van der Waals surface area contributed by atoms with Gasteiger partial charge in [-0.25, -0.2) is 19.3 Å². The number of nitriles is 2. The first-order valence-electron chi connectivity index (χ1n) is 32.3. The number of nitrogens with one attached hydrogen (secondary N) is 6. The second kappa shape index (κ2) is 36.2. The van der Waals surface area contributed by atoms with Crippen molar-refractivity contribution >= 4 is 119 Å². The van der Waals surface area contributed by atoms with E-state index < -0.39 is 0 Å². The van der Waals surface area contributed by atoms with Crippen LogP contribution in [0.15, 0.2) is 106 Å². The SMILES string of the molecule is CCOC(=O)CC(C)c1ccc2nc(-n3cc(C#N)c(N=Nc4c(NCCCOC)nc(NCCCOC)nc4Nc4c(C)cc(C)cc4C)n3)sc2c1.COCCCNc1nc(NCCCOC)c(N=Nc2nn(-c3nc4ccccc4s3)cc2C#N)c(Nc2ccc(C)cc2C)n1. The van der Waals surface area contributed by atoms with E-state index in [1.54, 1.807) is 52.4 Å². The minimum atomic E-state index is -0.230. The van der Waals surface area contributed by atoms with E-state index >= 15 is 0 Å². The average molecular weight is 1380 g/mol. The maximum atomic E-state index is 12.1. The summed E-state index contributed by atoms with van der Waals surface area (Å²) in [5.41, 5.74) is 11.0. The van der Waals surface area contributed by atoms with Crippen molar-refractivity contribution in [3.63, 3.8) is 0 Å². The number of rotatable bonds is 34. The Bertz CT molecular complexity index is 4480. The zero-order valence-corrected chi connectivity index (χ0v) is 59.1. The third-order valence-corrected chi connectivity index (χ3v) is 17.2. The highest BCUT2D eigenvalue weighted by atomic mass is 32.1. The Kier molecular flexibility index (Phi) is 26.6. The number of aromatic nitrogens is 10. The van der Waals surface area contributed by atoms with Crippen molar-refractivity contribution in [1.29, 1.82) is 10.5 Å². The van der Waals surface area contributed by atoms with Gasteiger partial charge in [-0.05, 0) is 126 Å². The molecular formula is C69H82N22O6S2. The number of benzene rings is 4. The maximum Gasteiger partial charge on any atom is 0.306 e. The number of aryl methyl sites for hydroxylation is 5. The summed E-state index contributed by atoms with van der Waals surface area (Å²) in [6, 6.07) is 28.4. The fraction of sp³-hybridized carbons (Fsp3) is 0.377. The largest absolute Gasteiger partial charge is 0.466 e. The summed E-state index contributed by atoms with van der Waals surface area (Å²) >= 11 is 2.89. The number of para-hydroxylation sites is 1. The van der Waals surface area contributed by atoms with Crippen LogP contribution in [0, 0.1) is 57.3 Å². The first-order chi connectivity index (χ1) is 48.1. The maximum absolute atomic E-state index is 12.1. The van der Waals surface area contributed by atoms with Gasteiger partial charge in [-0.3, -0.25) is 4.79 Å². The number of carbonyl (C=O) groups is 1. The van der Waals surface area contributed by atoms with Crippen molar-refractivity contribution in [3.8, 4) is 22.4 Å². The van der Waals surface area contributed by atoms with Crippen molar-refractivity contribution in [1.82, 2.24) is 49.5 Å². The van der Waals surface area contributed by atoms with Crippen molar-refractivity contribution in [2.45, 2.75) is 86.5 Å². The zero-order chi connectivity index (χ0) is 70.2. The second-order valence-corrected chi connectivity index (χ2v) is 25.0. The minimum absolute atomic E-state index is 0.0250. The fourth-order valence-electron chi connectivity index (χ4n) is 10.2. The summed E-state index contributed by atoms with van der Waals surface area (Å²) in [6.07, 6.45) is 6.50. The summed E-state index contributed by atoms with van der Waals surface area (Å²) in [6.45, 7) is 19.1. The van der Waals surface area contributed by atoms with Gasteiger partial charge in [0.15, 0.2) is 34.6 Å². The molecule has 0 radical (unpaired) electrons. The van der Waals surface area contributed by atoms with Crippen LogP contribution < -0.4 is 31.9 Å². The second-order valence-electron chi connectivity index (χ2n) is 23.0. The molecule has 4 aromatic carbocycles. The zero-order valence-electron chi connectivity index (χ0n) is 57.5. The van der Waals surface area contributed by atoms with E-state index in [4.69, 9.17) is 48.6 Å². The van der Waals surface area contributed by atoms with Crippen LogP contribution in [-0.2, 0) is 28.5 Å². The van der Waals surface area contributed by atoms with Crippen LogP contribution in [0.25, 0.3) is 30.7 Å². The first-order valence-corrected chi connectivity index (χ1v) is 34.0. The van der Waals surface area contributed by atoms with Gasteiger partial charge in [0.1, 0.15) is 23.3 Å². The molecule has 0 fully saturated rings. The highest BCUT2D eigenvalue weighted by Gasteiger charge is 2.23. The van der Waals surface area contributed by atoms with Gasteiger partial charge in [0, 0.05) is 92.4 Å². The molecule has 1 unspecified atom stereocenters. The van der Waals surface area contributed by atoms with E-state index in [0.29, 0.717) is 116 Å². The predicted molar refractivity (Wildman–Crippen MR) is 388 cm³/mol. The van der Waals surface area contributed by atoms with E-state index in [1.165, 1.54) is 27.4 Å². The van der Waals surface area contributed by atoms with Gasteiger partial charge in [-0.15, -0.1) is 30.7 Å². The van der Waals surface area contributed by atoms with Crippen LogP contribution in [0.4, 0.5) is 69.6 Å². The Balaban J connectivity index is 0.000000235. The van der Waals surface area contributed by atoms with Gasteiger partial charge in [0.25, 0.3) is 0 Å². The lowest BCUT2D eigenvalue weighted by Crippen LogP contribution is -2.13. The van der Waals surface area contributed by atoms with Crippen LogP contribution in [0.1, 0.15) is 96.4 Å². The van der Waals surface area contributed by atoms with Crippen molar-refractivity contribution in [2.24, 2.45) is 20.5 Å². The van der Waals surface area contributed by atoms with Gasteiger partial charge >= 0.3 is 5.97 Å². The number of methoxy groups -OCH3 is 4. The molecule has 0 aliphatic heterocycles. The molecule has 0 aliphatic carbocycles. The smallest absolute Gasteiger partial charge is 0.306 e. The molecular weight excluding hydrogens is 1300 g/mol. The number of ether oxygens (including phenoxy) is 5. The third-order valence-electron chi connectivity index (χ3n) is 15.1. The standard InChI is InChI=1S/C38H47N11O4S.C31H35N11O2S/c1-8-53-31(50)19-24(3)27-11-12-29-30(20-27)54-38(42-29)49-22-28(21-39)34(48-49)47-46-33-35(40-13-9-15-51-6)44-37(41-14-10-16-52-7)45-36(33)43-32-25(4)17-23(2)18-26(32)5;1-20-11-12-23(21(2)17-20)35-29-26(28(33-13-7-15-43-3)37-30(38-29)34-14-8-16-44-4)39-40-27-22(18-32)19-42(41-27)31-36-24-9-5-6-10-25(24)45-31/h11-12,17-18,20,22,24H,8-10,13-16,19H2,1-7H3,(H3,40,41,43,44,45);5-6,9-12,17,19H,7-8,13-16H2,1-4H3,(H3,33,34,35,37,38). The summed E-state index contributed by atoms with van der Waals surface area (Å²) in [4.78, 5) is 40.6. The lowest BCUT2D eigenvalue weighted by atomic mass is 9.98. The topological polar surface area (TPSA) is 345 Å². The van der Waals surface area contributed by atoms with Crippen molar-refractivity contribution in [3.05, 3.63) is 130 Å². The molecule has 0 bridgehead atoms. The molecule has 516 valence electrons. The molecule has 0 aliphatic rings. The molecule has 6 heterocycles. The van der Waals surface area contributed by atoms with E-state index in [9.17, 15) is 15.3 Å². The minimum Gasteiger partial charge on any atom is -0.466 e. The molecule has 10 rings (SSSR count). The van der Waals surface area contributed by atoms with Crippen LogP contribution in [0.3, 0.4) is 0 Å². The lowest BCUT2D eigenvalue weighted by Gasteiger charge is -2.18. The molecule has 28 nitrogen and oxygen atoms in total. The average Bonchev–Trinajstić information content (AvgIpc) is 1.75. The van der Waals surface area contributed by atoms with E-state index in [1.807, 2.05) is 89.2 Å². The van der Waals surface area contributed by atoms with Crippen molar-refractivity contribution in [2.75, 3.05) is 120 Å². The Morgan fingerprint density at radius 2 is 1.04 bits per heavy atom. The fourth-order valence-corrected chi connectivity index (χ4v) is 12.1. The van der Waals surface area contributed by atoms with Crippen LogP contribution in [0.2, 0.25) is 0 Å². The number of hydrogen-bond donors (Lipinski definition) is 6. The quantitative estimate of drug-likeness (QED) is 0.0124. The Morgan fingerprint density at radius 1 is 0.556 bits per heavy atom. The molecule has 1 atom stereocenters. The number of esters is 1. The van der Waals surface area contributed by atoms with E-state index in [0.717, 1.165) is 90.9 Å². The lowest BCUT2D eigenvalue weighted by molar-refractivity contribution is -0.143. The van der Waals surface area contributed by atoms with Gasteiger partial charge in [-0.1, -0.05) is 83.2 Å². The molecule has 0 saturated heterocycles. The molecule has 30 heteroatoms. The van der Waals surface area contributed by atoms with E-state index in [-0.39, 0.29) is 41.1 Å². The number of carbonyl (C=O) groups excluding carboxylic acids is 1. The molecule has 6 aromatic heterocycles. The monoisotopic (exact) mass is 1380 g/mol. The number of azo groups is 2. The molecule has 99 heavy (non-hydrogen) atoms. The molecule has 6 N–H and O–H groups in total. The predicted octanol–water partition coefficient (Wildman–Crippen LogP) is 15.0. The van der Waals surface area contributed by atoms with Gasteiger partial charge in [0.05, 0.1) is 45.9 Å². The number of nitrogens with zero attached hydrogens (tertiary/aromatic N) is 16. The van der Waals surface area contributed by atoms with Crippen LogP contribution in [0.5, 0.6) is 0 Å². The molecule has 0 amide bonds. The number of anilines is 8. The molecule has 0 saturated carbocycles. The summed E-state index contributed by atoms with van der Waals surface area (Å²) in [5.74, 6) is 2.61. The van der Waals surface area contributed by atoms with Gasteiger partial charge in [0.2, 0.25) is 33.8 Å². The normalized spacial score (nSPS) is 11.6. The Labute approximate surface area is 582 Å². The summed E-state index contributed by atoms with van der Waals surface area (Å²) < 4.78 is 31.0. The summed E-state index contributed by atoms with van der Waals surface area (Å²) in [7, 11) is 6.66.